The lowest BCUT2D eigenvalue weighted by Gasteiger charge is -2.10. The van der Waals surface area contributed by atoms with Crippen molar-refractivity contribution in [2.45, 2.75) is 12.9 Å². The van der Waals surface area contributed by atoms with Gasteiger partial charge in [0.15, 0.2) is 5.96 Å². The number of aliphatic imine (C=N–C) groups is 1. The molecule has 0 fully saturated rings. The lowest BCUT2D eigenvalue weighted by Crippen LogP contribution is -2.22. The van der Waals surface area contributed by atoms with Gasteiger partial charge in [-0.1, -0.05) is 12.1 Å². The van der Waals surface area contributed by atoms with Crippen LogP contribution in [0.1, 0.15) is 15.9 Å². The minimum Gasteiger partial charge on any atom is -0.406 e. The highest BCUT2D eigenvalue weighted by Crippen LogP contribution is 2.23. The molecule has 10 heteroatoms. The standard InChI is InChI=1S/C16H15F3N4O2.HI/c17-16(18,19)25-13-7-5-12(6-8-13)23-15(21)22-9-10-1-3-11(4-2-10)14(20)24;/h1-8H,9H2,(H2,20,24)(H3,21,22,23);1H. The number of hydrogen-bond donors (Lipinski definition) is 3. The fourth-order valence-electron chi connectivity index (χ4n) is 1.88. The summed E-state index contributed by atoms with van der Waals surface area (Å²) in [6, 6.07) is 11.6. The molecule has 0 bridgehead atoms. The minimum atomic E-state index is -4.74. The van der Waals surface area contributed by atoms with Crippen molar-refractivity contribution < 1.29 is 22.7 Å². The van der Waals surface area contributed by atoms with Gasteiger partial charge in [-0.05, 0) is 42.0 Å². The highest BCUT2D eigenvalue weighted by molar-refractivity contribution is 14.0. The topological polar surface area (TPSA) is 103 Å². The lowest BCUT2D eigenvalue weighted by atomic mass is 10.1. The summed E-state index contributed by atoms with van der Waals surface area (Å²) in [6.07, 6.45) is -4.74. The van der Waals surface area contributed by atoms with Crippen LogP contribution in [-0.2, 0) is 6.54 Å². The van der Waals surface area contributed by atoms with Gasteiger partial charge >= 0.3 is 6.36 Å². The molecule has 0 unspecified atom stereocenters. The molecule has 0 atom stereocenters. The number of anilines is 1. The van der Waals surface area contributed by atoms with Gasteiger partial charge < -0.3 is 21.5 Å². The third kappa shape index (κ3) is 7.17. The number of ether oxygens (including phenoxy) is 1. The Morgan fingerprint density at radius 1 is 1.04 bits per heavy atom. The zero-order valence-electron chi connectivity index (χ0n) is 13.3. The molecular weight excluding hydrogens is 464 g/mol. The Kier molecular flexibility index (Phi) is 7.68. The highest BCUT2D eigenvalue weighted by atomic mass is 127. The second-order valence-corrected chi connectivity index (χ2v) is 4.96. The van der Waals surface area contributed by atoms with Gasteiger partial charge in [0.2, 0.25) is 5.91 Å². The number of primary amides is 1. The van der Waals surface area contributed by atoms with Crippen LogP contribution >= 0.6 is 24.0 Å². The number of alkyl halides is 3. The number of guanidine groups is 1. The van der Waals surface area contributed by atoms with E-state index in [2.05, 4.69) is 15.0 Å². The highest BCUT2D eigenvalue weighted by Gasteiger charge is 2.30. The quantitative estimate of drug-likeness (QED) is 0.348. The number of amides is 1. The minimum absolute atomic E-state index is 0. The number of halogens is 4. The average Bonchev–Trinajstić information content (AvgIpc) is 2.54. The number of benzene rings is 2. The molecule has 0 heterocycles. The first-order valence-electron chi connectivity index (χ1n) is 7.04. The number of nitrogens with zero attached hydrogens (tertiary/aromatic N) is 1. The van der Waals surface area contributed by atoms with Crippen molar-refractivity contribution in [1.29, 1.82) is 0 Å². The first kappa shape index (κ1) is 21.5. The monoisotopic (exact) mass is 480 g/mol. The van der Waals surface area contributed by atoms with Crippen LogP contribution in [0.5, 0.6) is 5.75 Å². The molecule has 0 spiro atoms. The lowest BCUT2D eigenvalue weighted by molar-refractivity contribution is -0.274. The van der Waals surface area contributed by atoms with Crippen molar-refractivity contribution in [3.63, 3.8) is 0 Å². The molecule has 26 heavy (non-hydrogen) atoms. The summed E-state index contributed by atoms with van der Waals surface area (Å²) in [5.41, 5.74) is 12.5. The second-order valence-electron chi connectivity index (χ2n) is 4.96. The summed E-state index contributed by atoms with van der Waals surface area (Å²) in [4.78, 5) is 15.1. The molecule has 5 N–H and O–H groups in total. The van der Waals surface area contributed by atoms with E-state index in [1.165, 1.54) is 12.1 Å². The first-order valence-corrected chi connectivity index (χ1v) is 7.04. The fourth-order valence-corrected chi connectivity index (χ4v) is 1.88. The molecule has 2 aromatic rings. The maximum absolute atomic E-state index is 12.1. The van der Waals surface area contributed by atoms with Gasteiger partial charge in [0.05, 0.1) is 6.54 Å². The van der Waals surface area contributed by atoms with E-state index in [4.69, 9.17) is 11.5 Å². The predicted molar refractivity (Wildman–Crippen MR) is 102 cm³/mol. The Morgan fingerprint density at radius 2 is 1.62 bits per heavy atom. The molecule has 0 aliphatic rings. The third-order valence-corrected chi connectivity index (χ3v) is 3.03. The van der Waals surface area contributed by atoms with Crippen molar-refractivity contribution in [2.75, 3.05) is 5.32 Å². The number of carbonyl (C=O) groups is 1. The fraction of sp³-hybridized carbons (Fsp3) is 0.125. The van der Waals surface area contributed by atoms with Crippen LogP contribution in [0, 0.1) is 0 Å². The normalized spacial score (nSPS) is 11.4. The van der Waals surface area contributed by atoms with Gasteiger partial charge in [-0.15, -0.1) is 37.1 Å². The zero-order chi connectivity index (χ0) is 18.4. The molecule has 0 aliphatic carbocycles. The van der Waals surface area contributed by atoms with Crippen LogP contribution in [0.15, 0.2) is 53.5 Å². The van der Waals surface area contributed by atoms with Gasteiger partial charge in [-0.25, -0.2) is 4.99 Å². The van der Waals surface area contributed by atoms with Gasteiger partial charge in [0.25, 0.3) is 0 Å². The van der Waals surface area contributed by atoms with E-state index in [1.807, 2.05) is 0 Å². The second kappa shape index (κ2) is 9.27. The molecule has 0 radical (unpaired) electrons. The van der Waals surface area contributed by atoms with Crippen LogP contribution in [-0.4, -0.2) is 18.2 Å². The number of hydrogen-bond acceptors (Lipinski definition) is 3. The molecule has 140 valence electrons. The summed E-state index contributed by atoms with van der Waals surface area (Å²) in [5, 5.41) is 2.75. The summed E-state index contributed by atoms with van der Waals surface area (Å²) in [6.45, 7) is 0.257. The number of rotatable bonds is 5. The number of carbonyl (C=O) groups excluding carboxylic acids is 1. The molecule has 0 aliphatic heterocycles. The molecule has 6 nitrogen and oxygen atoms in total. The maximum Gasteiger partial charge on any atom is 0.573 e. The molecule has 0 saturated heterocycles. The first-order chi connectivity index (χ1) is 11.7. The Labute approximate surface area is 164 Å². The van der Waals surface area contributed by atoms with E-state index in [-0.39, 0.29) is 42.2 Å². The van der Waals surface area contributed by atoms with E-state index in [9.17, 15) is 18.0 Å². The van der Waals surface area contributed by atoms with E-state index < -0.39 is 12.3 Å². The van der Waals surface area contributed by atoms with Gasteiger partial charge in [0.1, 0.15) is 5.75 Å². The SMILES string of the molecule is I.NC(=O)c1ccc(CN=C(N)Nc2ccc(OC(F)(F)F)cc2)cc1. The molecule has 0 saturated carbocycles. The summed E-state index contributed by atoms with van der Waals surface area (Å²) in [7, 11) is 0. The van der Waals surface area contributed by atoms with Gasteiger partial charge in [-0.2, -0.15) is 0 Å². The van der Waals surface area contributed by atoms with Crippen molar-refractivity contribution in [1.82, 2.24) is 0 Å². The van der Waals surface area contributed by atoms with Crippen molar-refractivity contribution in [3.8, 4) is 5.75 Å². The predicted octanol–water partition coefficient (Wildman–Crippen LogP) is 3.23. The number of nitrogens with one attached hydrogen (secondary N) is 1. The molecule has 2 rings (SSSR count). The van der Waals surface area contributed by atoms with Crippen LogP contribution < -0.4 is 21.5 Å². The zero-order valence-corrected chi connectivity index (χ0v) is 15.6. The maximum atomic E-state index is 12.1. The van der Waals surface area contributed by atoms with Crippen molar-refractivity contribution in [3.05, 3.63) is 59.7 Å². The molecule has 1 amide bonds. The van der Waals surface area contributed by atoms with Crippen molar-refractivity contribution in [2.24, 2.45) is 16.5 Å². The van der Waals surface area contributed by atoms with Crippen LogP contribution in [0.2, 0.25) is 0 Å². The Hall–Kier alpha value is -2.50. The number of nitrogens with two attached hydrogens (primary N) is 2. The largest absolute Gasteiger partial charge is 0.573 e. The molecule has 0 aromatic heterocycles. The van der Waals surface area contributed by atoms with E-state index >= 15 is 0 Å². The van der Waals surface area contributed by atoms with Crippen LogP contribution in [0.3, 0.4) is 0 Å². The average molecular weight is 480 g/mol. The molecular formula is C16H16F3IN4O2. The van der Waals surface area contributed by atoms with Crippen LogP contribution in [0.4, 0.5) is 18.9 Å². The smallest absolute Gasteiger partial charge is 0.406 e. The van der Waals surface area contributed by atoms with Gasteiger partial charge in [0, 0.05) is 11.3 Å². The Bertz CT molecular complexity index is 763. The summed E-state index contributed by atoms with van der Waals surface area (Å²) >= 11 is 0. The Balaban J connectivity index is 0.00000338. The van der Waals surface area contributed by atoms with E-state index in [0.29, 0.717) is 11.3 Å². The van der Waals surface area contributed by atoms with Gasteiger partial charge in [-0.3, -0.25) is 4.79 Å². The van der Waals surface area contributed by atoms with E-state index in [0.717, 1.165) is 17.7 Å². The van der Waals surface area contributed by atoms with E-state index in [1.54, 1.807) is 24.3 Å². The summed E-state index contributed by atoms with van der Waals surface area (Å²) in [5.74, 6) is -0.763. The molecule has 2 aromatic carbocycles. The van der Waals surface area contributed by atoms with Crippen LogP contribution in [0.25, 0.3) is 0 Å². The third-order valence-electron chi connectivity index (χ3n) is 3.03. The Morgan fingerprint density at radius 3 is 2.12 bits per heavy atom. The summed E-state index contributed by atoms with van der Waals surface area (Å²) < 4.78 is 40.0. The van der Waals surface area contributed by atoms with Crippen molar-refractivity contribution >= 4 is 41.5 Å².